The summed E-state index contributed by atoms with van der Waals surface area (Å²) in [5, 5.41) is 3.62. The summed E-state index contributed by atoms with van der Waals surface area (Å²) in [6.07, 6.45) is 5.32. The molecule has 1 unspecified atom stereocenters. The number of nitrogens with zero attached hydrogens (tertiary/aromatic N) is 1. The molecule has 0 aromatic heterocycles. The molecule has 1 aliphatic rings. The first kappa shape index (κ1) is 15.5. The van der Waals surface area contributed by atoms with Crippen LogP contribution in [0.15, 0.2) is 30.3 Å². The molecule has 20 heavy (non-hydrogen) atoms. The maximum Gasteiger partial charge on any atom is 0.0472 e. The molecule has 1 atom stereocenters. The van der Waals surface area contributed by atoms with E-state index in [0.717, 1.165) is 19.0 Å². The van der Waals surface area contributed by atoms with E-state index < -0.39 is 0 Å². The molecule has 1 N–H and O–H groups in total. The zero-order valence-corrected chi connectivity index (χ0v) is 13.1. The van der Waals surface area contributed by atoms with Gasteiger partial charge in [-0.05, 0) is 50.3 Å². The van der Waals surface area contributed by atoms with Crippen molar-refractivity contribution in [3.63, 3.8) is 0 Å². The molecule has 112 valence electrons. The predicted molar refractivity (Wildman–Crippen MR) is 86.9 cm³/mol. The Morgan fingerprint density at radius 3 is 2.50 bits per heavy atom. The molecule has 2 rings (SSSR count). The summed E-state index contributed by atoms with van der Waals surface area (Å²) in [5.74, 6) is 0.957. The van der Waals surface area contributed by atoms with Crippen molar-refractivity contribution >= 4 is 0 Å². The summed E-state index contributed by atoms with van der Waals surface area (Å²) in [7, 11) is 0. The molecule has 0 saturated heterocycles. The molecule has 1 fully saturated rings. The maximum atomic E-state index is 3.62. The topological polar surface area (TPSA) is 15.3 Å². The van der Waals surface area contributed by atoms with Crippen molar-refractivity contribution in [1.82, 2.24) is 10.2 Å². The highest BCUT2D eigenvalue weighted by Crippen LogP contribution is 2.32. The molecule has 1 aromatic carbocycles. The molecule has 2 nitrogen and oxygen atoms in total. The Morgan fingerprint density at radius 2 is 1.90 bits per heavy atom. The average Bonchev–Trinajstić information content (AvgIpc) is 3.28. The van der Waals surface area contributed by atoms with Gasteiger partial charge < -0.3 is 5.32 Å². The highest BCUT2D eigenvalue weighted by atomic mass is 15.2. The fourth-order valence-corrected chi connectivity index (χ4v) is 2.84. The van der Waals surface area contributed by atoms with Crippen molar-refractivity contribution in [2.45, 2.75) is 45.6 Å². The van der Waals surface area contributed by atoms with E-state index in [1.807, 2.05) is 0 Å². The van der Waals surface area contributed by atoms with Gasteiger partial charge in [0.2, 0.25) is 0 Å². The van der Waals surface area contributed by atoms with Crippen LogP contribution in [0.2, 0.25) is 0 Å². The molecule has 1 saturated carbocycles. The number of hydrogen-bond donors (Lipinski definition) is 1. The lowest BCUT2D eigenvalue weighted by Gasteiger charge is -2.32. The van der Waals surface area contributed by atoms with Crippen LogP contribution in [0.1, 0.15) is 51.1 Å². The van der Waals surface area contributed by atoms with Crippen LogP contribution in [-0.2, 0) is 0 Å². The van der Waals surface area contributed by atoms with Crippen LogP contribution in [0, 0.1) is 5.92 Å². The Hall–Kier alpha value is -0.860. The van der Waals surface area contributed by atoms with Gasteiger partial charge in [-0.2, -0.15) is 0 Å². The Balaban J connectivity index is 2.05. The van der Waals surface area contributed by atoms with Crippen LogP contribution in [0.4, 0.5) is 0 Å². The van der Waals surface area contributed by atoms with E-state index in [9.17, 15) is 0 Å². The molecule has 0 spiro atoms. The molecule has 1 aromatic rings. The van der Waals surface area contributed by atoms with Crippen LogP contribution >= 0.6 is 0 Å². The molecule has 0 amide bonds. The van der Waals surface area contributed by atoms with Gasteiger partial charge in [0.15, 0.2) is 0 Å². The Bertz CT molecular complexity index is 359. The Morgan fingerprint density at radius 1 is 1.15 bits per heavy atom. The monoisotopic (exact) mass is 274 g/mol. The van der Waals surface area contributed by atoms with Crippen LogP contribution in [0.5, 0.6) is 0 Å². The lowest BCUT2D eigenvalue weighted by molar-refractivity contribution is 0.185. The van der Waals surface area contributed by atoms with Crippen LogP contribution < -0.4 is 5.32 Å². The molecule has 2 heteroatoms. The van der Waals surface area contributed by atoms with Crippen molar-refractivity contribution in [3.8, 4) is 0 Å². The van der Waals surface area contributed by atoms with E-state index in [1.54, 1.807) is 0 Å². The van der Waals surface area contributed by atoms with Crippen LogP contribution in [0.3, 0.4) is 0 Å². The number of benzene rings is 1. The molecule has 0 aliphatic heterocycles. The third kappa shape index (κ3) is 4.92. The summed E-state index contributed by atoms with van der Waals surface area (Å²) in [6, 6.07) is 11.6. The van der Waals surface area contributed by atoms with Gasteiger partial charge in [0, 0.05) is 19.1 Å². The third-order valence-electron chi connectivity index (χ3n) is 4.09. The first-order valence-electron chi connectivity index (χ1n) is 8.34. The first-order chi connectivity index (χ1) is 9.85. The normalized spacial score (nSPS) is 16.6. The van der Waals surface area contributed by atoms with Crippen molar-refractivity contribution < 1.29 is 0 Å². The molecule has 0 heterocycles. The first-order valence-corrected chi connectivity index (χ1v) is 8.34. The summed E-state index contributed by atoms with van der Waals surface area (Å²) < 4.78 is 0. The van der Waals surface area contributed by atoms with Crippen molar-refractivity contribution in [3.05, 3.63) is 35.9 Å². The van der Waals surface area contributed by atoms with Gasteiger partial charge in [-0.25, -0.2) is 0 Å². The number of nitrogens with one attached hydrogen (secondary N) is 1. The number of hydrogen-bond acceptors (Lipinski definition) is 2. The van der Waals surface area contributed by atoms with E-state index in [2.05, 4.69) is 54.4 Å². The zero-order chi connectivity index (χ0) is 14.2. The van der Waals surface area contributed by atoms with Crippen molar-refractivity contribution in [2.75, 3.05) is 26.2 Å². The predicted octanol–water partition coefficient (Wildman–Crippen LogP) is 3.85. The van der Waals surface area contributed by atoms with Gasteiger partial charge in [-0.15, -0.1) is 0 Å². The summed E-state index contributed by atoms with van der Waals surface area (Å²) in [6.45, 7) is 9.21. The van der Waals surface area contributed by atoms with E-state index in [1.165, 1.54) is 44.3 Å². The van der Waals surface area contributed by atoms with Gasteiger partial charge >= 0.3 is 0 Å². The third-order valence-corrected chi connectivity index (χ3v) is 4.09. The van der Waals surface area contributed by atoms with Crippen LogP contribution in [-0.4, -0.2) is 31.1 Å². The van der Waals surface area contributed by atoms with E-state index >= 15 is 0 Å². The maximum absolute atomic E-state index is 3.62. The summed E-state index contributed by atoms with van der Waals surface area (Å²) in [4.78, 5) is 2.70. The minimum Gasteiger partial charge on any atom is -0.315 e. The molecular weight excluding hydrogens is 244 g/mol. The second-order valence-corrected chi connectivity index (χ2v) is 6.07. The minimum atomic E-state index is 0.531. The molecule has 1 aliphatic carbocycles. The van der Waals surface area contributed by atoms with E-state index in [-0.39, 0.29) is 0 Å². The fourth-order valence-electron chi connectivity index (χ4n) is 2.84. The van der Waals surface area contributed by atoms with Gasteiger partial charge in [0.1, 0.15) is 0 Å². The van der Waals surface area contributed by atoms with E-state index in [0.29, 0.717) is 6.04 Å². The molecular formula is C18H30N2. The lowest BCUT2D eigenvalue weighted by Crippen LogP contribution is -2.38. The lowest BCUT2D eigenvalue weighted by atomic mass is 10.0. The van der Waals surface area contributed by atoms with Crippen LogP contribution in [0.25, 0.3) is 0 Å². The minimum absolute atomic E-state index is 0.531. The molecule has 0 radical (unpaired) electrons. The van der Waals surface area contributed by atoms with Gasteiger partial charge in [0.05, 0.1) is 0 Å². The SMILES string of the molecule is CCCNCC(c1ccccc1)N(CCC)CC1CC1. The Labute approximate surface area is 124 Å². The summed E-state index contributed by atoms with van der Waals surface area (Å²) >= 11 is 0. The molecule has 0 bridgehead atoms. The van der Waals surface area contributed by atoms with E-state index in [4.69, 9.17) is 0 Å². The average molecular weight is 274 g/mol. The number of rotatable bonds is 10. The fraction of sp³-hybridized carbons (Fsp3) is 0.667. The van der Waals surface area contributed by atoms with Crippen molar-refractivity contribution in [1.29, 1.82) is 0 Å². The second kappa shape index (κ2) is 8.43. The standard InChI is InChI=1S/C18H30N2/c1-3-12-19-14-18(17-8-6-5-7-9-17)20(13-4-2)15-16-10-11-16/h5-9,16,18-19H,3-4,10-15H2,1-2H3. The summed E-state index contributed by atoms with van der Waals surface area (Å²) in [5.41, 5.74) is 1.46. The van der Waals surface area contributed by atoms with Gasteiger partial charge in [-0.1, -0.05) is 44.2 Å². The van der Waals surface area contributed by atoms with Crippen molar-refractivity contribution in [2.24, 2.45) is 5.92 Å². The zero-order valence-electron chi connectivity index (χ0n) is 13.1. The Kier molecular flexibility index (Phi) is 6.55. The second-order valence-electron chi connectivity index (χ2n) is 6.07. The quantitative estimate of drug-likeness (QED) is 0.652. The highest BCUT2D eigenvalue weighted by Gasteiger charge is 2.28. The highest BCUT2D eigenvalue weighted by molar-refractivity contribution is 5.19. The van der Waals surface area contributed by atoms with Gasteiger partial charge in [0.25, 0.3) is 0 Å². The largest absolute Gasteiger partial charge is 0.315 e. The smallest absolute Gasteiger partial charge is 0.0472 e. The van der Waals surface area contributed by atoms with Gasteiger partial charge in [-0.3, -0.25) is 4.90 Å².